The molecule has 1 aromatic heterocycles. The van der Waals surface area contributed by atoms with Crippen LogP contribution in [0, 0.1) is 6.92 Å². The predicted molar refractivity (Wildman–Crippen MR) is 30.4 cm³/mol. The molecule has 0 amide bonds. The summed E-state index contributed by atoms with van der Waals surface area (Å²) >= 11 is 0. The van der Waals surface area contributed by atoms with Gasteiger partial charge < -0.3 is 5.11 Å². The molecule has 0 aliphatic heterocycles. The Balaban J connectivity index is 3.13. The fourth-order valence-electron chi connectivity index (χ4n) is 0.430. The summed E-state index contributed by atoms with van der Waals surface area (Å²) < 4.78 is 0. The lowest BCUT2D eigenvalue weighted by Gasteiger charge is -1.91. The lowest BCUT2D eigenvalue weighted by molar-refractivity contribution is 0.470. The van der Waals surface area contributed by atoms with E-state index in [-0.39, 0.29) is 5.75 Å². The standard InChI is InChI=1S/C6H6NO/c1-5-6(8)3-2-4-7-5/h2-4,8H,1H2. The molecule has 0 atom stereocenters. The van der Waals surface area contributed by atoms with Gasteiger partial charge in [-0.2, -0.15) is 0 Å². The van der Waals surface area contributed by atoms with Crippen molar-refractivity contribution in [2.75, 3.05) is 0 Å². The Morgan fingerprint density at radius 1 is 1.62 bits per heavy atom. The Labute approximate surface area is 47.8 Å². The number of hydrogen-bond donors (Lipinski definition) is 1. The highest BCUT2D eigenvalue weighted by atomic mass is 16.3. The van der Waals surface area contributed by atoms with Gasteiger partial charge in [0.15, 0.2) is 0 Å². The summed E-state index contributed by atoms with van der Waals surface area (Å²) in [7, 11) is 0. The van der Waals surface area contributed by atoms with Crippen molar-refractivity contribution in [1.82, 2.24) is 4.98 Å². The maximum atomic E-state index is 8.79. The minimum atomic E-state index is 0.146. The second-order valence-corrected chi connectivity index (χ2v) is 1.47. The van der Waals surface area contributed by atoms with Crippen molar-refractivity contribution < 1.29 is 5.11 Å². The molecule has 2 nitrogen and oxygen atoms in total. The van der Waals surface area contributed by atoms with Crippen molar-refractivity contribution in [1.29, 1.82) is 0 Å². The maximum absolute atomic E-state index is 8.79. The molecule has 1 rings (SSSR count). The van der Waals surface area contributed by atoms with Gasteiger partial charge in [-0.05, 0) is 19.1 Å². The first-order chi connectivity index (χ1) is 3.80. The van der Waals surface area contributed by atoms with E-state index in [0.29, 0.717) is 5.69 Å². The van der Waals surface area contributed by atoms with Gasteiger partial charge >= 0.3 is 0 Å². The highest BCUT2D eigenvalue weighted by molar-refractivity contribution is 5.26. The number of aromatic nitrogens is 1. The molecule has 41 valence electrons. The Morgan fingerprint density at radius 3 is 2.75 bits per heavy atom. The number of aromatic hydroxyl groups is 1. The zero-order valence-electron chi connectivity index (χ0n) is 4.33. The van der Waals surface area contributed by atoms with Crippen molar-refractivity contribution in [3.8, 4) is 5.75 Å². The van der Waals surface area contributed by atoms with E-state index in [1.54, 1.807) is 18.3 Å². The predicted octanol–water partition coefficient (Wildman–Crippen LogP) is 0.969. The van der Waals surface area contributed by atoms with Crippen LogP contribution in [0.5, 0.6) is 5.75 Å². The highest BCUT2D eigenvalue weighted by Gasteiger charge is 1.89. The number of rotatable bonds is 0. The molecule has 1 heterocycles. The van der Waals surface area contributed by atoms with Crippen molar-refractivity contribution >= 4 is 0 Å². The molecule has 0 aliphatic carbocycles. The van der Waals surface area contributed by atoms with Crippen LogP contribution >= 0.6 is 0 Å². The minimum Gasteiger partial charge on any atom is -0.506 e. The van der Waals surface area contributed by atoms with Crippen LogP contribution in [-0.4, -0.2) is 10.1 Å². The van der Waals surface area contributed by atoms with Crippen LogP contribution in [0.15, 0.2) is 18.3 Å². The Hall–Kier alpha value is -1.05. The summed E-state index contributed by atoms with van der Waals surface area (Å²) in [5, 5.41) is 8.79. The van der Waals surface area contributed by atoms with Crippen LogP contribution in [0.25, 0.3) is 0 Å². The first kappa shape index (κ1) is 5.09. The molecule has 0 unspecified atom stereocenters. The number of hydrogen-bond acceptors (Lipinski definition) is 2. The van der Waals surface area contributed by atoms with E-state index < -0.39 is 0 Å². The van der Waals surface area contributed by atoms with Gasteiger partial charge in [-0.15, -0.1) is 0 Å². The molecule has 1 aromatic rings. The van der Waals surface area contributed by atoms with Crippen LogP contribution in [0.4, 0.5) is 0 Å². The minimum absolute atomic E-state index is 0.146. The number of nitrogens with zero attached hydrogens (tertiary/aromatic N) is 1. The second kappa shape index (κ2) is 1.82. The molecule has 8 heavy (non-hydrogen) atoms. The van der Waals surface area contributed by atoms with Gasteiger partial charge in [0.2, 0.25) is 0 Å². The fourth-order valence-corrected chi connectivity index (χ4v) is 0.430. The average Bonchev–Trinajstić information content (AvgIpc) is 1.77. The van der Waals surface area contributed by atoms with Gasteiger partial charge in [0.1, 0.15) is 5.75 Å². The number of pyridine rings is 1. The van der Waals surface area contributed by atoms with Gasteiger partial charge in [-0.25, -0.2) is 0 Å². The molecule has 0 saturated heterocycles. The molecule has 2 heteroatoms. The first-order valence-electron chi connectivity index (χ1n) is 2.26. The topological polar surface area (TPSA) is 33.1 Å². The summed E-state index contributed by atoms with van der Waals surface area (Å²) in [6.07, 6.45) is 1.59. The second-order valence-electron chi connectivity index (χ2n) is 1.47. The summed E-state index contributed by atoms with van der Waals surface area (Å²) in [5.41, 5.74) is 0.424. The lowest BCUT2D eigenvalue weighted by atomic mass is 10.3. The van der Waals surface area contributed by atoms with Gasteiger partial charge in [0, 0.05) is 6.20 Å². The van der Waals surface area contributed by atoms with E-state index in [1.807, 2.05) is 0 Å². The molecule has 0 spiro atoms. The van der Waals surface area contributed by atoms with Gasteiger partial charge in [-0.3, -0.25) is 4.98 Å². The van der Waals surface area contributed by atoms with Crippen LogP contribution in [-0.2, 0) is 0 Å². The van der Waals surface area contributed by atoms with E-state index in [0.717, 1.165) is 0 Å². The lowest BCUT2D eigenvalue weighted by Crippen LogP contribution is -1.76. The van der Waals surface area contributed by atoms with E-state index in [1.165, 1.54) is 0 Å². The first-order valence-corrected chi connectivity index (χ1v) is 2.26. The molecule has 1 radical (unpaired) electrons. The van der Waals surface area contributed by atoms with E-state index >= 15 is 0 Å². The van der Waals surface area contributed by atoms with E-state index in [2.05, 4.69) is 11.9 Å². The van der Waals surface area contributed by atoms with Crippen LogP contribution < -0.4 is 0 Å². The summed E-state index contributed by atoms with van der Waals surface area (Å²) in [5.74, 6) is 0.146. The quantitative estimate of drug-likeness (QED) is 0.537. The van der Waals surface area contributed by atoms with Crippen LogP contribution in [0.3, 0.4) is 0 Å². The van der Waals surface area contributed by atoms with Crippen molar-refractivity contribution in [2.24, 2.45) is 0 Å². The van der Waals surface area contributed by atoms with Crippen LogP contribution in [0.1, 0.15) is 5.69 Å². The van der Waals surface area contributed by atoms with Crippen molar-refractivity contribution in [3.05, 3.63) is 30.9 Å². The van der Waals surface area contributed by atoms with Gasteiger partial charge in [-0.1, -0.05) is 0 Å². The van der Waals surface area contributed by atoms with E-state index in [9.17, 15) is 0 Å². The summed E-state index contributed by atoms with van der Waals surface area (Å²) in [6, 6.07) is 3.21. The highest BCUT2D eigenvalue weighted by Crippen LogP contribution is 2.08. The van der Waals surface area contributed by atoms with Crippen LogP contribution in [0.2, 0.25) is 0 Å². The summed E-state index contributed by atoms with van der Waals surface area (Å²) in [4.78, 5) is 3.72. The fraction of sp³-hybridized carbons (Fsp3) is 0. The molecule has 0 fully saturated rings. The molecule has 0 aromatic carbocycles. The third kappa shape index (κ3) is 0.780. The normalized spacial score (nSPS) is 9.12. The van der Waals surface area contributed by atoms with Crippen molar-refractivity contribution in [3.63, 3.8) is 0 Å². The molecule has 0 bridgehead atoms. The largest absolute Gasteiger partial charge is 0.506 e. The monoisotopic (exact) mass is 108 g/mol. The zero-order valence-corrected chi connectivity index (χ0v) is 4.33. The molecular weight excluding hydrogens is 102 g/mol. The third-order valence-electron chi connectivity index (χ3n) is 0.866. The Morgan fingerprint density at radius 2 is 2.38 bits per heavy atom. The van der Waals surface area contributed by atoms with Gasteiger partial charge in [0.25, 0.3) is 0 Å². The van der Waals surface area contributed by atoms with Gasteiger partial charge in [0.05, 0.1) is 5.69 Å². The zero-order chi connectivity index (χ0) is 5.98. The SMILES string of the molecule is [CH2]c1ncccc1O. The molecule has 0 saturated carbocycles. The average molecular weight is 108 g/mol. The third-order valence-corrected chi connectivity index (χ3v) is 0.866. The Kier molecular flexibility index (Phi) is 1.16. The summed E-state index contributed by atoms with van der Waals surface area (Å²) in [6.45, 7) is 3.46. The maximum Gasteiger partial charge on any atom is 0.137 e. The molecular formula is C6H6NO. The smallest absolute Gasteiger partial charge is 0.137 e. The molecule has 1 N–H and O–H groups in total. The van der Waals surface area contributed by atoms with Crippen molar-refractivity contribution in [2.45, 2.75) is 0 Å². The Bertz CT molecular complexity index is 165. The van der Waals surface area contributed by atoms with E-state index in [4.69, 9.17) is 5.11 Å². The molecule has 0 aliphatic rings.